The maximum absolute atomic E-state index is 9.00. The van der Waals surface area contributed by atoms with E-state index in [2.05, 4.69) is 35.4 Å². The first kappa shape index (κ1) is 14.0. The Labute approximate surface area is 92.3 Å². The molecule has 2 amide bonds. The number of rotatable bonds is 4. The first-order valence-electron chi connectivity index (χ1n) is 5.59. The normalized spacial score (nSPS) is 15.5. The van der Waals surface area contributed by atoms with E-state index in [1.807, 2.05) is 0 Å². The van der Waals surface area contributed by atoms with Gasteiger partial charge in [-0.1, -0.05) is 31.9 Å². The Bertz CT molecular complexity index is 188. The molecule has 0 saturated carbocycles. The molecule has 0 unspecified atom stereocenters. The minimum absolute atomic E-state index is 0.833. The van der Waals surface area contributed by atoms with E-state index in [4.69, 9.17) is 4.79 Å². The average molecular weight is 213 g/mol. The van der Waals surface area contributed by atoms with Gasteiger partial charge in [-0.3, -0.25) is 4.90 Å². The fourth-order valence-corrected chi connectivity index (χ4v) is 1.48. The molecule has 4 N–H and O–H groups in total. The molecule has 1 aliphatic rings. The quantitative estimate of drug-likeness (QED) is 0.548. The number of urea groups is 1. The predicted octanol–water partition coefficient (Wildman–Crippen LogP) is 1.46. The molecule has 0 fully saturated rings. The summed E-state index contributed by atoms with van der Waals surface area (Å²) in [6.07, 6.45) is 9.94. The molecular formula is C11H23N3O. The van der Waals surface area contributed by atoms with Crippen molar-refractivity contribution >= 4 is 6.03 Å². The van der Waals surface area contributed by atoms with Crippen LogP contribution in [0.1, 0.15) is 32.6 Å². The van der Waals surface area contributed by atoms with Crippen molar-refractivity contribution in [3.63, 3.8) is 0 Å². The lowest BCUT2D eigenvalue weighted by molar-refractivity contribution is 0.256. The third kappa shape index (κ3) is 10.9. The molecule has 15 heavy (non-hydrogen) atoms. The highest BCUT2D eigenvalue weighted by Crippen LogP contribution is 2.03. The predicted molar refractivity (Wildman–Crippen MR) is 63.5 cm³/mol. The lowest BCUT2D eigenvalue weighted by Crippen LogP contribution is -2.28. The van der Waals surface area contributed by atoms with Crippen molar-refractivity contribution < 1.29 is 4.79 Å². The average Bonchev–Trinajstić information content (AvgIpc) is 2.19. The molecule has 4 heteroatoms. The summed E-state index contributed by atoms with van der Waals surface area (Å²) in [6.45, 7) is 6.03. The van der Waals surface area contributed by atoms with Gasteiger partial charge in [0.15, 0.2) is 0 Å². The maximum Gasteiger partial charge on any atom is 0.309 e. The fourth-order valence-electron chi connectivity index (χ4n) is 1.48. The molecule has 1 heterocycles. The molecule has 0 bridgehead atoms. The summed E-state index contributed by atoms with van der Waals surface area (Å²) < 4.78 is 0. The van der Waals surface area contributed by atoms with E-state index < -0.39 is 6.03 Å². The van der Waals surface area contributed by atoms with Crippen LogP contribution in [0.3, 0.4) is 0 Å². The van der Waals surface area contributed by atoms with Crippen LogP contribution in [0.2, 0.25) is 0 Å². The molecule has 0 aromatic carbocycles. The van der Waals surface area contributed by atoms with Gasteiger partial charge in [0.05, 0.1) is 0 Å². The minimum atomic E-state index is -0.833. The van der Waals surface area contributed by atoms with Crippen LogP contribution in [-0.4, -0.2) is 30.6 Å². The van der Waals surface area contributed by atoms with Gasteiger partial charge in [-0.15, -0.1) is 0 Å². The molecule has 88 valence electrons. The van der Waals surface area contributed by atoms with Crippen LogP contribution in [0.25, 0.3) is 0 Å². The van der Waals surface area contributed by atoms with E-state index in [1.54, 1.807) is 0 Å². The smallest absolute Gasteiger partial charge is 0.309 e. The fraction of sp³-hybridized carbons (Fsp3) is 0.727. The Morgan fingerprint density at radius 1 is 1.33 bits per heavy atom. The lowest BCUT2D eigenvalue weighted by Gasteiger charge is -2.22. The van der Waals surface area contributed by atoms with Crippen molar-refractivity contribution in [2.75, 3.05) is 19.6 Å². The van der Waals surface area contributed by atoms with E-state index in [9.17, 15) is 0 Å². The number of carbonyl (C=O) groups is 1. The van der Waals surface area contributed by atoms with Gasteiger partial charge in [0.2, 0.25) is 0 Å². The minimum Gasteiger partial charge on any atom is -0.352 e. The van der Waals surface area contributed by atoms with E-state index in [0.29, 0.717) is 0 Å². The van der Waals surface area contributed by atoms with Crippen molar-refractivity contribution in [1.29, 1.82) is 0 Å². The summed E-state index contributed by atoms with van der Waals surface area (Å²) in [4.78, 5) is 11.5. The van der Waals surface area contributed by atoms with Crippen LogP contribution in [0.4, 0.5) is 4.79 Å². The van der Waals surface area contributed by atoms with Crippen molar-refractivity contribution in [2.45, 2.75) is 32.6 Å². The van der Waals surface area contributed by atoms with Gasteiger partial charge in [0.25, 0.3) is 0 Å². The summed E-state index contributed by atoms with van der Waals surface area (Å²) in [5, 5.41) is 0. The topological polar surface area (TPSA) is 72.3 Å². The Morgan fingerprint density at radius 2 is 2.00 bits per heavy atom. The molecule has 1 rings (SSSR count). The molecular weight excluding hydrogens is 190 g/mol. The first-order valence-corrected chi connectivity index (χ1v) is 5.59. The summed E-state index contributed by atoms with van der Waals surface area (Å²) in [5.74, 6) is 0. The van der Waals surface area contributed by atoms with Crippen LogP contribution in [0.5, 0.6) is 0 Å². The lowest BCUT2D eigenvalue weighted by atomic mass is 10.2. The van der Waals surface area contributed by atoms with E-state index in [0.717, 1.165) is 0 Å². The summed E-state index contributed by atoms with van der Waals surface area (Å²) in [6, 6.07) is -0.833. The molecule has 0 saturated heterocycles. The van der Waals surface area contributed by atoms with Crippen molar-refractivity contribution in [1.82, 2.24) is 4.90 Å². The van der Waals surface area contributed by atoms with E-state index in [1.165, 1.54) is 45.3 Å². The summed E-state index contributed by atoms with van der Waals surface area (Å²) in [7, 11) is 0. The number of nitrogens with zero attached hydrogens (tertiary/aromatic N) is 1. The molecule has 0 aromatic rings. The number of nitrogens with two attached hydrogens (primary N) is 2. The Kier molecular flexibility index (Phi) is 8.87. The highest BCUT2D eigenvalue weighted by Gasteiger charge is 2.03. The van der Waals surface area contributed by atoms with Gasteiger partial charge in [-0.2, -0.15) is 0 Å². The third-order valence-corrected chi connectivity index (χ3v) is 2.22. The Hall–Kier alpha value is -1.03. The molecule has 0 aromatic heterocycles. The standard InChI is InChI=1S/C10H19N.CH4N2O/c1-2-3-5-8-11-9-6-4-7-10-11;2-1(3)4/h4,6H,2-3,5,7-10H2,1H3;(H4,2,3,4). The van der Waals surface area contributed by atoms with Crippen molar-refractivity contribution in [3.05, 3.63) is 12.2 Å². The SMILES string of the molecule is CCCCCN1CC=CCC1.NC(N)=O. The first-order chi connectivity index (χ1) is 7.16. The van der Waals surface area contributed by atoms with E-state index in [-0.39, 0.29) is 0 Å². The highest BCUT2D eigenvalue weighted by molar-refractivity contribution is 5.69. The van der Waals surface area contributed by atoms with Gasteiger partial charge in [0.1, 0.15) is 0 Å². The number of primary amides is 2. The molecule has 0 atom stereocenters. The number of unbranched alkanes of at least 4 members (excludes halogenated alkanes) is 2. The maximum atomic E-state index is 9.00. The Morgan fingerprint density at radius 3 is 2.47 bits per heavy atom. The number of hydrogen-bond acceptors (Lipinski definition) is 2. The van der Waals surface area contributed by atoms with Gasteiger partial charge in [-0.05, 0) is 19.4 Å². The Balaban J connectivity index is 0.000000423. The van der Waals surface area contributed by atoms with Gasteiger partial charge >= 0.3 is 6.03 Å². The number of carbonyl (C=O) groups excluding carboxylic acids is 1. The second-order valence-electron chi connectivity index (χ2n) is 3.67. The van der Waals surface area contributed by atoms with Gasteiger partial charge in [0, 0.05) is 13.1 Å². The highest BCUT2D eigenvalue weighted by atomic mass is 16.2. The summed E-state index contributed by atoms with van der Waals surface area (Å²) in [5.41, 5.74) is 8.50. The van der Waals surface area contributed by atoms with Crippen molar-refractivity contribution in [2.24, 2.45) is 11.5 Å². The zero-order valence-corrected chi connectivity index (χ0v) is 9.61. The summed E-state index contributed by atoms with van der Waals surface area (Å²) >= 11 is 0. The second kappa shape index (κ2) is 9.52. The van der Waals surface area contributed by atoms with Gasteiger partial charge in [-0.25, -0.2) is 4.79 Å². The molecule has 4 nitrogen and oxygen atoms in total. The monoisotopic (exact) mass is 213 g/mol. The zero-order chi connectivity index (χ0) is 11.5. The van der Waals surface area contributed by atoms with Crippen LogP contribution in [-0.2, 0) is 0 Å². The number of hydrogen-bond donors (Lipinski definition) is 2. The molecule has 1 aliphatic heterocycles. The van der Waals surface area contributed by atoms with Crippen molar-refractivity contribution in [3.8, 4) is 0 Å². The second-order valence-corrected chi connectivity index (χ2v) is 3.67. The molecule has 0 spiro atoms. The zero-order valence-electron chi connectivity index (χ0n) is 9.61. The van der Waals surface area contributed by atoms with Gasteiger partial charge < -0.3 is 11.5 Å². The molecule has 0 radical (unpaired) electrons. The van der Waals surface area contributed by atoms with Crippen LogP contribution >= 0.6 is 0 Å². The third-order valence-electron chi connectivity index (χ3n) is 2.22. The van der Waals surface area contributed by atoms with Crippen LogP contribution in [0.15, 0.2) is 12.2 Å². The largest absolute Gasteiger partial charge is 0.352 e. The number of amides is 2. The van der Waals surface area contributed by atoms with Crippen LogP contribution < -0.4 is 11.5 Å². The van der Waals surface area contributed by atoms with Crippen LogP contribution in [0, 0.1) is 0 Å². The van der Waals surface area contributed by atoms with E-state index >= 15 is 0 Å². The molecule has 0 aliphatic carbocycles.